The summed E-state index contributed by atoms with van der Waals surface area (Å²) >= 11 is 0. The third kappa shape index (κ3) is 11.0. The summed E-state index contributed by atoms with van der Waals surface area (Å²) in [6.45, 7) is 9.39. The van der Waals surface area contributed by atoms with E-state index in [0.29, 0.717) is 34.9 Å². The molecular formula is C104H72N8. The molecule has 112 heavy (non-hydrogen) atoms. The lowest BCUT2D eigenvalue weighted by molar-refractivity contribution is 0.660. The number of hydrogen-bond donors (Lipinski definition) is 0. The lowest BCUT2D eigenvalue weighted by atomic mass is 9.81. The molecule has 4 heterocycles. The molecule has 2 aliphatic carbocycles. The van der Waals surface area contributed by atoms with Gasteiger partial charge in [-0.05, 0) is 161 Å². The fraction of sp³-hybridized carbons (Fsp3) is 0.0577. The summed E-state index contributed by atoms with van der Waals surface area (Å²) in [5.74, 6) is 3.87. The van der Waals surface area contributed by atoms with E-state index in [4.69, 9.17) is 29.9 Å². The van der Waals surface area contributed by atoms with Crippen LogP contribution in [0, 0.1) is 0 Å². The van der Waals surface area contributed by atoms with Crippen LogP contribution in [0.1, 0.15) is 49.9 Å². The zero-order valence-corrected chi connectivity index (χ0v) is 62.2. The average molecular weight is 1430 g/mol. The molecule has 0 N–H and O–H groups in total. The SMILES string of the molecule is CC1(C)c2ccccc2-c2ccc(-c3ccc4c(ccc5c4c4ccccc4n5-c4cccc(-c5nc(-c6ccccc6)nc(-c6ccccc6)n5)c4)c3)cc21.CC1(C)c2ccccc2-c2ccc(-c3ccc4ccc5c(c4c3)c3ccccc3n5-c3cccc(-c4nc(-c5ccccc5)nc(-c5ccccc5)n4)c3)cc21. The van der Waals surface area contributed by atoms with Gasteiger partial charge in [0.2, 0.25) is 0 Å². The normalized spacial score (nSPS) is 13.0. The van der Waals surface area contributed by atoms with Crippen LogP contribution in [-0.2, 0) is 10.8 Å². The largest absolute Gasteiger partial charge is 0.309 e. The fourth-order valence-electron chi connectivity index (χ4n) is 17.7. The predicted molar refractivity (Wildman–Crippen MR) is 462 cm³/mol. The van der Waals surface area contributed by atoms with Crippen molar-refractivity contribution < 1.29 is 0 Å². The Kier molecular flexibility index (Phi) is 15.4. The Labute approximate surface area is 649 Å². The molecule has 4 aromatic heterocycles. The quantitative estimate of drug-likeness (QED) is 0.136. The van der Waals surface area contributed by atoms with Crippen LogP contribution in [-0.4, -0.2) is 39.0 Å². The van der Waals surface area contributed by atoms with Gasteiger partial charge in [-0.25, -0.2) is 29.9 Å². The number of rotatable bonds is 10. The van der Waals surface area contributed by atoms with E-state index in [1.807, 2.05) is 121 Å². The summed E-state index contributed by atoms with van der Waals surface area (Å²) in [7, 11) is 0. The van der Waals surface area contributed by atoms with Crippen LogP contribution in [0.5, 0.6) is 0 Å². The first-order chi connectivity index (χ1) is 55.0. The van der Waals surface area contributed by atoms with Crippen molar-refractivity contribution in [3.63, 3.8) is 0 Å². The molecule has 0 saturated heterocycles. The summed E-state index contributed by atoms with van der Waals surface area (Å²) in [6.07, 6.45) is 0. The molecule has 2 aliphatic rings. The molecule has 16 aromatic carbocycles. The first kappa shape index (κ1) is 65.9. The molecule has 0 aliphatic heterocycles. The Bertz CT molecular complexity index is 7060. The van der Waals surface area contributed by atoms with Gasteiger partial charge in [0.1, 0.15) is 0 Å². The lowest BCUT2D eigenvalue weighted by Crippen LogP contribution is -2.14. The Balaban J connectivity index is 0.000000141. The van der Waals surface area contributed by atoms with E-state index in [9.17, 15) is 0 Å². The van der Waals surface area contributed by atoms with Gasteiger partial charge >= 0.3 is 0 Å². The summed E-state index contributed by atoms with van der Waals surface area (Å²) in [6, 6.07) is 130. The molecule has 22 rings (SSSR count). The smallest absolute Gasteiger partial charge is 0.164 e. The molecule has 0 fully saturated rings. The standard InChI is InChI=1S/2C52H36N4/c1-52(2)44-22-11-9-20-41(44)42-28-25-36(32-45(42)52)35-24-27-40-37(30-35)26-29-47-48(40)43-21-10-12-23-46(43)56(47)39-19-13-18-38(31-39)51-54-49(33-14-5-3-6-15-33)53-50(55-51)34-16-7-4-8-17-34;1-52(2)44-22-11-9-20-40(44)41-28-26-37(32-45(41)52)36-25-24-33-27-29-47-48(43(33)31-36)42-21-10-12-23-46(42)56(47)39-19-13-18-38(30-39)51-54-49(34-14-5-3-6-15-34)53-50(55-51)35-16-7-4-8-17-35/h2*3-32H,1-2H3. The number of para-hydroxylation sites is 2. The lowest BCUT2D eigenvalue weighted by Gasteiger charge is -2.22. The van der Waals surface area contributed by atoms with Crippen molar-refractivity contribution in [1.29, 1.82) is 0 Å². The van der Waals surface area contributed by atoms with Gasteiger partial charge in [-0.2, -0.15) is 0 Å². The van der Waals surface area contributed by atoms with Crippen LogP contribution in [0.2, 0.25) is 0 Å². The van der Waals surface area contributed by atoms with E-state index in [1.165, 1.54) is 110 Å². The van der Waals surface area contributed by atoms with E-state index < -0.39 is 0 Å². The second-order valence-corrected chi connectivity index (χ2v) is 30.5. The van der Waals surface area contributed by atoms with Crippen LogP contribution in [0.15, 0.2) is 364 Å². The second-order valence-electron chi connectivity index (χ2n) is 30.5. The average Bonchev–Trinajstić information content (AvgIpc) is 1.57. The first-order valence-corrected chi connectivity index (χ1v) is 38.4. The molecule has 0 spiro atoms. The number of hydrogen-bond acceptors (Lipinski definition) is 6. The third-order valence-electron chi connectivity index (χ3n) is 23.3. The van der Waals surface area contributed by atoms with Gasteiger partial charge in [-0.3, -0.25) is 0 Å². The monoisotopic (exact) mass is 1430 g/mol. The van der Waals surface area contributed by atoms with Crippen LogP contribution >= 0.6 is 0 Å². The van der Waals surface area contributed by atoms with Gasteiger partial charge in [0, 0.05) is 77.1 Å². The van der Waals surface area contributed by atoms with E-state index >= 15 is 0 Å². The fourth-order valence-corrected chi connectivity index (χ4v) is 17.7. The van der Waals surface area contributed by atoms with E-state index in [1.54, 1.807) is 0 Å². The number of aromatic nitrogens is 8. The molecule has 0 amide bonds. The molecule has 0 atom stereocenters. The highest BCUT2D eigenvalue weighted by Crippen LogP contribution is 2.52. The number of nitrogens with zero attached hydrogens (tertiary/aromatic N) is 8. The molecule has 0 unspecified atom stereocenters. The Morgan fingerprint density at radius 2 is 0.527 bits per heavy atom. The zero-order valence-electron chi connectivity index (χ0n) is 62.2. The Morgan fingerprint density at radius 3 is 0.982 bits per heavy atom. The van der Waals surface area contributed by atoms with Gasteiger partial charge in [-0.15, -0.1) is 0 Å². The van der Waals surface area contributed by atoms with Crippen molar-refractivity contribution in [2.45, 2.75) is 38.5 Å². The van der Waals surface area contributed by atoms with Crippen LogP contribution in [0.25, 0.3) is 189 Å². The summed E-state index contributed by atoms with van der Waals surface area (Å²) in [4.78, 5) is 30.0. The summed E-state index contributed by atoms with van der Waals surface area (Å²) in [5.41, 5.74) is 28.2. The van der Waals surface area contributed by atoms with Crippen molar-refractivity contribution in [3.8, 4) is 124 Å². The van der Waals surface area contributed by atoms with Crippen molar-refractivity contribution in [3.05, 3.63) is 386 Å². The highest BCUT2D eigenvalue weighted by Gasteiger charge is 2.37. The topological polar surface area (TPSA) is 87.2 Å². The minimum Gasteiger partial charge on any atom is -0.309 e. The Hall–Kier alpha value is -14.3. The van der Waals surface area contributed by atoms with Gasteiger partial charge in [-0.1, -0.05) is 319 Å². The minimum absolute atomic E-state index is 0.0397. The van der Waals surface area contributed by atoms with Gasteiger partial charge in [0.25, 0.3) is 0 Å². The van der Waals surface area contributed by atoms with E-state index in [2.05, 4.69) is 279 Å². The van der Waals surface area contributed by atoms with Crippen LogP contribution < -0.4 is 0 Å². The van der Waals surface area contributed by atoms with Crippen molar-refractivity contribution in [1.82, 2.24) is 39.0 Å². The molecule has 8 nitrogen and oxygen atoms in total. The summed E-state index contributed by atoms with van der Waals surface area (Å²) in [5, 5.41) is 9.87. The highest BCUT2D eigenvalue weighted by molar-refractivity contribution is 6.23. The molecule has 20 aromatic rings. The van der Waals surface area contributed by atoms with Gasteiger partial charge in [0.15, 0.2) is 34.9 Å². The minimum atomic E-state index is -0.0540. The molecule has 0 saturated carbocycles. The van der Waals surface area contributed by atoms with E-state index in [0.717, 1.165) is 66.8 Å². The predicted octanol–water partition coefficient (Wildman–Crippen LogP) is 26.2. The molecule has 8 heteroatoms. The van der Waals surface area contributed by atoms with Crippen molar-refractivity contribution >= 4 is 65.2 Å². The van der Waals surface area contributed by atoms with Crippen molar-refractivity contribution in [2.75, 3.05) is 0 Å². The number of benzene rings is 16. The van der Waals surface area contributed by atoms with Crippen LogP contribution in [0.3, 0.4) is 0 Å². The summed E-state index contributed by atoms with van der Waals surface area (Å²) < 4.78 is 4.76. The molecule has 528 valence electrons. The molecule has 0 radical (unpaired) electrons. The zero-order chi connectivity index (χ0) is 74.8. The second kappa shape index (κ2) is 26.2. The van der Waals surface area contributed by atoms with Crippen LogP contribution in [0.4, 0.5) is 0 Å². The maximum absolute atomic E-state index is 5.04. The molecule has 0 bridgehead atoms. The maximum atomic E-state index is 5.04. The van der Waals surface area contributed by atoms with Gasteiger partial charge < -0.3 is 9.13 Å². The van der Waals surface area contributed by atoms with E-state index in [-0.39, 0.29) is 10.8 Å². The first-order valence-electron chi connectivity index (χ1n) is 38.4. The number of fused-ring (bicyclic) bond motifs is 16. The molecular weight excluding hydrogens is 1360 g/mol. The van der Waals surface area contributed by atoms with Gasteiger partial charge in [0.05, 0.1) is 22.1 Å². The third-order valence-corrected chi connectivity index (χ3v) is 23.3. The van der Waals surface area contributed by atoms with Crippen molar-refractivity contribution in [2.24, 2.45) is 0 Å². The Morgan fingerprint density at radius 1 is 0.196 bits per heavy atom. The maximum Gasteiger partial charge on any atom is 0.164 e. The highest BCUT2D eigenvalue weighted by atomic mass is 15.1.